The number of unbranched alkanes of at least 4 members (excludes halogenated alkanes) is 7. The van der Waals surface area contributed by atoms with Crippen molar-refractivity contribution < 1.29 is 4.79 Å². The predicted octanol–water partition coefficient (Wildman–Crippen LogP) is 4.46. The molecule has 0 aromatic heterocycles. The number of nitrogens with one attached hydrogen (secondary N) is 1. The van der Waals surface area contributed by atoms with Gasteiger partial charge in [-0.1, -0.05) is 71.8 Å². The van der Waals surface area contributed by atoms with Crippen molar-refractivity contribution in [3.05, 3.63) is 12.7 Å². The highest BCUT2D eigenvalue weighted by molar-refractivity contribution is 5.86. The van der Waals surface area contributed by atoms with Crippen LogP contribution in [0.3, 0.4) is 0 Å². The van der Waals surface area contributed by atoms with Crippen LogP contribution in [0, 0.1) is 5.92 Å². The van der Waals surface area contributed by atoms with Gasteiger partial charge in [-0.25, -0.2) is 0 Å². The summed E-state index contributed by atoms with van der Waals surface area (Å²) in [7, 11) is 0. The van der Waals surface area contributed by atoms with Gasteiger partial charge in [0.05, 0.1) is 0 Å². The van der Waals surface area contributed by atoms with Crippen LogP contribution in [0.5, 0.6) is 0 Å². The fourth-order valence-corrected chi connectivity index (χ4v) is 2.02. The third-order valence-electron chi connectivity index (χ3n) is 3.19. The SMILES string of the molecule is C=CC(=O)NCCCCCCCCCCC(C)C. The lowest BCUT2D eigenvalue weighted by molar-refractivity contribution is -0.116. The van der Waals surface area contributed by atoms with E-state index in [-0.39, 0.29) is 5.91 Å². The molecule has 1 amide bonds. The van der Waals surface area contributed by atoms with Crippen molar-refractivity contribution in [3.8, 4) is 0 Å². The van der Waals surface area contributed by atoms with Crippen molar-refractivity contribution in [2.75, 3.05) is 6.54 Å². The molecule has 0 radical (unpaired) electrons. The van der Waals surface area contributed by atoms with Crippen LogP contribution in [0.15, 0.2) is 12.7 Å². The summed E-state index contributed by atoms with van der Waals surface area (Å²) in [5, 5.41) is 2.80. The molecular weight excluding hydrogens is 222 g/mol. The molecule has 1 N–H and O–H groups in total. The van der Waals surface area contributed by atoms with Crippen LogP contribution < -0.4 is 5.32 Å². The van der Waals surface area contributed by atoms with Crippen molar-refractivity contribution in [3.63, 3.8) is 0 Å². The van der Waals surface area contributed by atoms with Crippen molar-refractivity contribution in [2.45, 2.75) is 71.6 Å². The summed E-state index contributed by atoms with van der Waals surface area (Å²) in [6.07, 6.45) is 13.2. The van der Waals surface area contributed by atoms with E-state index in [4.69, 9.17) is 0 Å². The van der Waals surface area contributed by atoms with Gasteiger partial charge >= 0.3 is 0 Å². The second-order valence-corrected chi connectivity index (χ2v) is 5.51. The summed E-state index contributed by atoms with van der Waals surface area (Å²) in [5.41, 5.74) is 0. The molecule has 0 rings (SSSR count). The van der Waals surface area contributed by atoms with Gasteiger partial charge in [0.25, 0.3) is 0 Å². The summed E-state index contributed by atoms with van der Waals surface area (Å²) >= 11 is 0. The monoisotopic (exact) mass is 253 g/mol. The predicted molar refractivity (Wildman–Crippen MR) is 79.6 cm³/mol. The van der Waals surface area contributed by atoms with E-state index in [0.717, 1.165) is 18.9 Å². The first kappa shape index (κ1) is 17.2. The standard InChI is InChI=1S/C16H31NO/c1-4-16(18)17-14-12-10-8-6-5-7-9-11-13-15(2)3/h4,15H,1,5-14H2,2-3H3,(H,17,18). The molecule has 0 saturated heterocycles. The molecule has 0 atom stereocenters. The number of carbonyl (C=O) groups excluding carboxylic acids is 1. The molecule has 0 unspecified atom stereocenters. The summed E-state index contributed by atoms with van der Waals surface area (Å²) in [6.45, 7) is 8.81. The number of rotatable bonds is 12. The molecule has 106 valence electrons. The van der Waals surface area contributed by atoms with Crippen LogP contribution in [0.4, 0.5) is 0 Å². The van der Waals surface area contributed by atoms with E-state index in [0.29, 0.717) is 0 Å². The van der Waals surface area contributed by atoms with E-state index in [1.807, 2.05) is 0 Å². The molecule has 0 heterocycles. The van der Waals surface area contributed by atoms with Gasteiger partial charge in [-0.15, -0.1) is 0 Å². The number of carbonyl (C=O) groups is 1. The Balaban J connectivity index is 3.03. The maximum absolute atomic E-state index is 10.9. The largest absolute Gasteiger partial charge is 0.353 e. The molecule has 0 spiro atoms. The Morgan fingerprint density at radius 3 is 2.00 bits per heavy atom. The minimum Gasteiger partial charge on any atom is -0.353 e. The minimum atomic E-state index is -0.0554. The lowest BCUT2D eigenvalue weighted by Gasteiger charge is -2.05. The molecule has 0 saturated carbocycles. The Labute approximate surface area is 113 Å². The summed E-state index contributed by atoms with van der Waals surface area (Å²) in [4.78, 5) is 10.9. The normalized spacial score (nSPS) is 10.6. The van der Waals surface area contributed by atoms with Crippen LogP contribution >= 0.6 is 0 Å². The first-order valence-corrected chi connectivity index (χ1v) is 7.57. The molecule has 0 aliphatic rings. The third kappa shape index (κ3) is 13.3. The maximum atomic E-state index is 10.9. The fraction of sp³-hybridized carbons (Fsp3) is 0.812. The highest BCUT2D eigenvalue weighted by Gasteiger charge is 1.96. The zero-order valence-electron chi connectivity index (χ0n) is 12.3. The van der Waals surface area contributed by atoms with Gasteiger partial charge in [-0.3, -0.25) is 4.79 Å². The van der Waals surface area contributed by atoms with Crippen molar-refractivity contribution in [1.82, 2.24) is 5.32 Å². The number of hydrogen-bond acceptors (Lipinski definition) is 1. The highest BCUT2D eigenvalue weighted by Crippen LogP contribution is 2.12. The van der Waals surface area contributed by atoms with Crippen LogP contribution in [-0.4, -0.2) is 12.5 Å². The van der Waals surface area contributed by atoms with E-state index >= 15 is 0 Å². The molecule has 2 heteroatoms. The van der Waals surface area contributed by atoms with Gasteiger partial charge in [0.1, 0.15) is 0 Å². The van der Waals surface area contributed by atoms with Crippen molar-refractivity contribution >= 4 is 5.91 Å². The number of hydrogen-bond donors (Lipinski definition) is 1. The first-order chi connectivity index (χ1) is 8.66. The molecular formula is C16H31NO. The van der Waals surface area contributed by atoms with E-state index < -0.39 is 0 Å². The van der Waals surface area contributed by atoms with Crippen LogP contribution in [0.2, 0.25) is 0 Å². The summed E-state index contributed by atoms with van der Waals surface area (Å²) in [5.74, 6) is 0.802. The van der Waals surface area contributed by atoms with Crippen molar-refractivity contribution in [2.24, 2.45) is 5.92 Å². The molecule has 0 aliphatic carbocycles. The Morgan fingerprint density at radius 2 is 1.50 bits per heavy atom. The lowest BCUT2D eigenvalue weighted by atomic mass is 10.0. The average Bonchev–Trinajstić information content (AvgIpc) is 2.35. The molecule has 0 bridgehead atoms. The fourth-order valence-electron chi connectivity index (χ4n) is 2.02. The van der Waals surface area contributed by atoms with E-state index in [2.05, 4.69) is 25.7 Å². The zero-order chi connectivity index (χ0) is 13.6. The summed E-state index contributed by atoms with van der Waals surface area (Å²) in [6, 6.07) is 0. The highest BCUT2D eigenvalue weighted by atomic mass is 16.1. The van der Waals surface area contributed by atoms with Gasteiger partial charge in [0, 0.05) is 6.54 Å². The van der Waals surface area contributed by atoms with Gasteiger partial charge < -0.3 is 5.32 Å². The average molecular weight is 253 g/mol. The van der Waals surface area contributed by atoms with E-state index in [9.17, 15) is 4.79 Å². The third-order valence-corrected chi connectivity index (χ3v) is 3.19. The topological polar surface area (TPSA) is 29.1 Å². The molecule has 0 aliphatic heterocycles. The number of amides is 1. The first-order valence-electron chi connectivity index (χ1n) is 7.57. The molecule has 0 aromatic rings. The minimum absolute atomic E-state index is 0.0554. The van der Waals surface area contributed by atoms with Gasteiger partial charge in [0.15, 0.2) is 0 Å². The van der Waals surface area contributed by atoms with E-state index in [1.165, 1.54) is 57.4 Å². The summed E-state index contributed by atoms with van der Waals surface area (Å²) < 4.78 is 0. The Kier molecular flexibility index (Phi) is 12.1. The quantitative estimate of drug-likeness (QED) is 0.404. The Morgan fingerprint density at radius 1 is 1.00 bits per heavy atom. The lowest BCUT2D eigenvalue weighted by Crippen LogP contribution is -2.21. The van der Waals surface area contributed by atoms with Gasteiger partial charge in [0.2, 0.25) is 5.91 Å². The Hall–Kier alpha value is -0.790. The second-order valence-electron chi connectivity index (χ2n) is 5.51. The van der Waals surface area contributed by atoms with Gasteiger partial charge in [-0.2, -0.15) is 0 Å². The maximum Gasteiger partial charge on any atom is 0.243 e. The zero-order valence-corrected chi connectivity index (χ0v) is 12.3. The van der Waals surface area contributed by atoms with Gasteiger partial charge in [-0.05, 0) is 18.4 Å². The van der Waals surface area contributed by atoms with Crippen LogP contribution in [0.25, 0.3) is 0 Å². The molecule has 2 nitrogen and oxygen atoms in total. The smallest absolute Gasteiger partial charge is 0.243 e. The molecule has 0 aromatic carbocycles. The van der Waals surface area contributed by atoms with Crippen LogP contribution in [0.1, 0.15) is 71.6 Å². The molecule has 18 heavy (non-hydrogen) atoms. The van der Waals surface area contributed by atoms with E-state index in [1.54, 1.807) is 0 Å². The molecule has 0 fully saturated rings. The van der Waals surface area contributed by atoms with Crippen LogP contribution in [-0.2, 0) is 4.79 Å². The Bertz CT molecular complexity index is 211. The second kappa shape index (κ2) is 12.7. The van der Waals surface area contributed by atoms with Crippen molar-refractivity contribution in [1.29, 1.82) is 0 Å².